The van der Waals surface area contributed by atoms with Gasteiger partial charge in [0.15, 0.2) is 0 Å². The molecule has 0 saturated heterocycles. The predicted molar refractivity (Wildman–Crippen MR) is 105 cm³/mol. The van der Waals surface area contributed by atoms with Crippen LogP contribution < -0.4 is 9.04 Å². The average Bonchev–Trinajstić information content (AvgIpc) is 2.69. The predicted octanol–water partition coefficient (Wildman–Crippen LogP) is 4.52. The first-order chi connectivity index (χ1) is 13.3. The molecule has 3 aromatic carbocycles. The Balaban J connectivity index is 2.19. The molecule has 1 amide bonds. The zero-order chi connectivity index (χ0) is 20.3. The highest BCUT2D eigenvalue weighted by molar-refractivity contribution is 7.93. The Labute approximate surface area is 167 Å². The van der Waals surface area contributed by atoms with E-state index in [1.165, 1.54) is 49.6 Å². The van der Waals surface area contributed by atoms with Crippen LogP contribution in [0.1, 0.15) is 10.4 Å². The Bertz CT molecular complexity index is 1120. The minimum Gasteiger partial charge on any atom is -0.495 e. The number of carbonyl (C=O) groups is 1. The van der Waals surface area contributed by atoms with Gasteiger partial charge < -0.3 is 4.74 Å². The Hall–Kier alpha value is -2.90. The fraction of sp³-hybridized carbons (Fsp3) is 0.0500. The molecule has 0 N–H and O–H groups in total. The third-order valence-electron chi connectivity index (χ3n) is 3.91. The van der Waals surface area contributed by atoms with E-state index in [9.17, 15) is 17.6 Å². The summed E-state index contributed by atoms with van der Waals surface area (Å²) in [4.78, 5) is 13.0. The van der Waals surface area contributed by atoms with Crippen molar-refractivity contribution in [2.75, 3.05) is 11.4 Å². The summed E-state index contributed by atoms with van der Waals surface area (Å²) in [5.41, 5.74) is -0.115. The molecule has 0 aromatic heterocycles. The molecule has 5 nitrogen and oxygen atoms in total. The quantitative estimate of drug-likeness (QED) is 0.609. The van der Waals surface area contributed by atoms with Crippen molar-refractivity contribution in [1.82, 2.24) is 0 Å². The van der Waals surface area contributed by atoms with Crippen molar-refractivity contribution in [2.24, 2.45) is 0 Å². The summed E-state index contributed by atoms with van der Waals surface area (Å²) in [6.45, 7) is 0. The number of benzene rings is 3. The largest absolute Gasteiger partial charge is 0.495 e. The van der Waals surface area contributed by atoms with Crippen molar-refractivity contribution in [3.63, 3.8) is 0 Å². The van der Waals surface area contributed by atoms with E-state index in [4.69, 9.17) is 16.3 Å². The normalized spacial score (nSPS) is 11.1. The van der Waals surface area contributed by atoms with Crippen LogP contribution in [0.2, 0.25) is 5.02 Å². The highest BCUT2D eigenvalue weighted by atomic mass is 35.5. The molecule has 144 valence electrons. The molecule has 0 heterocycles. The molecule has 0 fully saturated rings. The Morgan fingerprint density at radius 2 is 1.71 bits per heavy atom. The molecular weight excluding hydrogens is 405 g/mol. The molecule has 0 bridgehead atoms. The first-order valence-corrected chi connectivity index (χ1v) is 9.90. The summed E-state index contributed by atoms with van der Waals surface area (Å²) in [6.07, 6.45) is 0. The van der Waals surface area contributed by atoms with Crippen molar-refractivity contribution < 1.29 is 22.3 Å². The van der Waals surface area contributed by atoms with Gasteiger partial charge in [-0.25, -0.2) is 12.8 Å². The maximum Gasteiger partial charge on any atom is 0.272 e. The summed E-state index contributed by atoms with van der Waals surface area (Å²) in [6, 6.07) is 16.4. The van der Waals surface area contributed by atoms with Crippen LogP contribution in [0.3, 0.4) is 0 Å². The van der Waals surface area contributed by atoms with Crippen LogP contribution in [0.5, 0.6) is 5.75 Å². The molecule has 0 aliphatic carbocycles. The van der Waals surface area contributed by atoms with E-state index < -0.39 is 21.7 Å². The van der Waals surface area contributed by atoms with Crippen LogP contribution in [0.25, 0.3) is 0 Å². The van der Waals surface area contributed by atoms with Crippen molar-refractivity contribution in [1.29, 1.82) is 0 Å². The number of rotatable bonds is 5. The van der Waals surface area contributed by atoms with Crippen LogP contribution in [-0.4, -0.2) is 21.4 Å². The molecule has 0 spiro atoms. The van der Waals surface area contributed by atoms with Gasteiger partial charge in [0.2, 0.25) is 0 Å². The first-order valence-electron chi connectivity index (χ1n) is 8.08. The first kappa shape index (κ1) is 19.9. The summed E-state index contributed by atoms with van der Waals surface area (Å²) in [5.74, 6) is -1.25. The molecule has 3 aromatic rings. The van der Waals surface area contributed by atoms with E-state index in [0.717, 1.165) is 12.1 Å². The molecule has 0 unspecified atom stereocenters. The zero-order valence-corrected chi connectivity index (χ0v) is 16.2. The smallest absolute Gasteiger partial charge is 0.272 e. The minimum absolute atomic E-state index is 0.00362. The fourth-order valence-corrected chi connectivity index (χ4v) is 4.26. The van der Waals surface area contributed by atoms with Crippen LogP contribution in [0, 0.1) is 5.82 Å². The second-order valence-electron chi connectivity index (χ2n) is 5.72. The lowest BCUT2D eigenvalue weighted by Crippen LogP contribution is -2.37. The van der Waals surface area contributed by atoms with E-state index >= 15 is 0 Å². The summed E-state index contributed by atoms with van der Waals surface area (Å²) < 4.78 is 45.8. The van der Waals surface area contributed by atoms with E-state index in [2.05, 4.69) is 0 Å². The summed E-state index contributed by atoms with van der Waals surface area (Å²) in [5, 5.41) is 0.125. The average molecular weight is 420 g/mol. The van der Waals surface area contributed by atoms with Gasteiger partial charge in [-0.05, 0) is 48.5 Å². The number of halogens is 2. The topological polar surface area (TPSA) is 63.7 Å². The van der Waals surface area contributed by atoms with Gasteiger partial charge in [0, 0.05) is 5.56 Å². The van der Waals surface area contributed by atoms with Crippen LogP contribution in [0.15, 0.2) is 77.7 Å². The number of amides is 1. The van der Waals surface area contributed by atoms with Crippen LogP contribution in [0.4, 0.5) is 10.1 Å². The lowest BCUT2D eigenvalue weighted by atomic mass is 10.2. The van der Waals surface area contributed by atoms with Crippen LogP contribution >= 0.6 is 11.6 Å². The van der Waals surface area contributed by atoms with Gasteiger partial charge in [0.1, 0.15) is 11.6 Å². The number of sulfonamides is 1. The molecule has 0 aliphatic heterocycles. The highest BCUT2D eigenvalue weighted by Crippen LogP contribution is 2.33. The molecular formula is C20H15ClFNO4S. The molecule has 0 aliphatic rings. The third kappa shape index (κ3) is 3.85. The van der Waals surface area contributed by atoms with Gasteiger partial charge >= 0.3 is 0 Å². The second-order valence-corrected chi connectivity index (χ2v) is 7.91. The molecule has 8 heteroatoms. The van der Waals surface area contributed by atoms with Gasteiger partial charge in [0.05, 0.1) is 22.7 Å². The monoisotopic (exact) mass is 419 g/mol. The van der Waals surface area contributed by atoms with Gasteiger partial charge in [-0.1, -0.05) is 35.9 Å². The van der Waals surface area contributed by atoms with Crippen molar-refractivity contribution in [3.05, 3.63) is 89.2 Å². The maximum atomic E-state index is 13.6. The highest BCUT2D eigenvalue weighted by Gasteiger charge is 2.32. The SMILES string of the molecule is COc1ccc(N(C(=O)c2cccc(F)c2)S(=O)(=O)c2ccccc2)cc1Cl. The lowest BCUT2D eigenvalue weighted by Gasteiger charge is -2.23. The van der Waals surface area contributed by atoms with Crippen LogP contribution in [-0.2, 0) is 10.0 Å². The maximum absolute atomic E-state index is 13.6. The standard InChI is InChI=1S/C20H15ClFNO4S/c1-27-19-11-10-16(13-18(19)21)23(20(24)14-6-5-7-15(22)12-14)28(25,26)17-8-3-2-4-9-17/h2-13H,1H3. The van der Waals surface area contributed by atoms with Crippen molar-refractivity contribution in [2.45, 2.75) is 4.90 Å². The van der Waals surface area contributed by atoms with Gasteiger partial charge in [0.25, 0.3) is 15.9 Å². The number of ether oxygens (including phenoxy) is 1. The lowest BCUT2D eigenvalue weighted by molar-refractivity contribution is 0.100. The van der Waals surface area contributed by atoms with E-state index in [0.29, 0.717) is 10.1 Å². The number of hydrogen-bond acceptors (Lipinski definition) is 4. The van der Waals surface area contributed by atoms with E-state index in [1.54, 1.807) is 18.2 Å². The zero-order valence-electron chi connectivity index (χ0n) is 14.7. The number of nitrogens with zero attached hydrogens (tertiary/aromatic N) is 1. The molecule has 3 rings (SSSR count). The fourth-order valence-electron chi connectivity index (χ4n) is 2.58. The van der Waals surface area contributed by atoms with E-state index in [1.807, 2.05) is 0 Å². The molecule has 0 atom stereocenters. The minimum atomic E-state index is -4.29. The van der Waals surface area contributed by atoms with Gasteiger partial charge in [-0.15, -0.1) is 0 Å². The number of methoxy groups -OCH3 is 1. The Morgan fingerprint density at radius 3 is 2.32 bits per heavy atom. The Kier molecular flexibility index (Phi) is 5.67. The number of hydrogen-bond donors (Lipinski definition) is 0. The molecule has 28 heavy (non-hydrogen) atoms. The van der Waals surface area contributed by atoms with Crippen molar-refractivity contribution in [3.8, 4) is 5.75 Å². The van der Waals surface area contributed by atoms with Gasteiger partial charge in [-0.3, -0.25) is 4.79 Å². The van der Waals surface area contributed by atoms with E-state index in [-0.39, 0.29) is 21.2 Å². The van der Waals surface area contributed by atoms with Gasteiger partial charge in [-0.2, -0.15) is 4.31 Å². The summed E-state index contributed by atoms with van der Waals surface area (Å²) >= 11 is 6.13. The second kappa shape index (κ2) is 8.00. The Morgan fingerprint density at radius 1 is 1.00 bits per heavy atom. The van der Waals surface area contributed by atoms with Crippen molar-refractivity contribution >= 4 is 33.2 Å². The number of carbonyl (C=O) groups excluding carboxylic acids is 1. The molecule has 0 radical (unpaired) electrons. The molecule has 0 saturated carbocycles. The third-order valence-corrected chi connectivity index (χ3v) is 5.93. The number of anilines is 1. The summed E-state index contributed by atoms with van der Waals surface area (Å²) in [7, 11) is -2.87.